The van der Waals surface area contributed by atoms with Gasteiger partial charge in [0.25, 0.3) is 0 Å². The maximum Gasteiger partial charge on any atom is 0.325 e. The summed E-state index contributed by atoms with van der Waals surface area (Å²) in [7, 11) is 1.51. The summed E-state index contributed by atoms with van der Waals surface area (Å²) in [5, 5.41) is 17.5. The number of nitrogens with zero attached hydrogens (tertiary/aromatic N) is 1. The van der Waals surface area contributed by atoms with Crippen molar-refractivity contribution in [2.75, 3.05) is 7.11 Å². The molecule has 1 unspecified atom stereocenters. The van der Waals surface area contributed by atoms with E-state index in [1.807, 2.05) is 6.92 Å². The van der Waals surface area contributed by atoms with Crippen LogP contribution in [-0.2, 0) is 4.79 Å². The fourth-order valence-corrected chi connectivity index (χ4v) is 1.29. The molecular weight excluding hydrogens is 194 g/mol. The average molecular weight is 205 g/mol. The number of carboxylic acid groups (broad SMARTS) is 1. The smallest absolute Gasteiger partial charge is 0.325 e. The molecule has 0 amide bonds. The van der Waals surface area contributed by atoms with Crippen molar-refractivity contribution in [3.8, 4) is 11.8 Å². The Kier molecular flexibility index (Phi) is 3.29. The first-order valence-electron chi connectivity index (χ1n) is 4.37. The Morgan fingerprint density at radius 1 is 1.60 bits per heavy atom. The van der Waals surface area contributed by atoms with Gasteiger partial charge >= 0.3 is 5.97 Å². The Balaban J connectivity index is 3.16. The van der Waals surface area contributed by atoms with Crippen molar-refractivity contribution in [3.63, 3.8) is 0 Å². The van der Waals surface area contributed by atoms with Crippen LogP contribution in [-0.4, -0.2) is 18.2 Å². The SMILES string of the molecule is COc1cc(C(C#N)C(=O)O)ccc1C. The number of hydrogen-bond donors (Lipinski definition) is 1. The van der Waals surface area contributed by atoms with Crippen LogP contribution in [0.4, 0.5) is 0 Å². The van der Waals surface area contributed by atoms with Crippen molar-refractivity contribution in [1.82, 2.24) is 0 Å². The molecule has 0 aliphatic carbocycles. The number of aliphatic carboxylic acids is 1. The maximum absolute atomic E-state index is 10.8. The molecule has 0 bridgehead atoms. The summed E-state index contributed by atoms with van der Waals surface area (Å²) in [6.07, 6.45) is 0. The number of carboxylic acids is 1. The van der Waals surface area contributed by atoms with E-state index in [0.717, 1.165) is 5.56 Å². The lowest BCUT2D eigenvalue weighted by Gasteiger charge is -2.08. The molecule has 0 spiro atoms. The normalized spacial score (nSPS) is 11.5. The molecule has 78 valence electrons. The van der Waals surface area contributed by atoms with Crippen LogP contribution in [0.3, 0.4) is 0 Å². The molecule has 1 atom stereocenters. The van der Waals surface area contributed by atoms with Crippen LogP contribution in [0.2, 0.25) is 0 Å². The van der Waals surface area contributed by atoms with E-state index >= 15 is 0 Å². The number of hydrogen-bond acceptors (Lipinski definition) is 3. The summed E-state index contributed by atoms with van der Waals surface area (Å²) in [6, 6.07) is 6.68. The predicted octanol–water partition coefficient (Wildman–Crippen LogP) is 1.70. The average Bonchev–Trinajstić information content (AvgIpc) is 2.21. The van der Waals surface area contributed by atoms with E-state index in [9.17, 15) is 4.79 Å². The van der Waals surface area contributed by atoms with Gasteiger partial charge in [-0.1, -0.05) is 12.1 Å². The lowest BCUT2D eigenvalue weighted by molar-refractivity contribution is -0.137. The zero-order chi connectivity index (χ0) is 11.4. The Hall–Kier alpha value is -2.02. The molecule has 4 heteroatoms. The van der Waals surface area contributed by atoms with Gasteiger partial charge in [-0.15, -0.1) is 0 Å². The van der Waals surface area contributed by atoms with Crippen LogP contribution in [0.5, 0.6) is 5.75 Å². The first-order valence-corrected chi connectivity index (χ1v) is 4.37. The second kappa shape index (κ2) is 4.47. The van der Waals surface area contributed by atoms with Crippen LogP contribution in [0.25, 0.3) is 0 Å². The zero-order valence-corrected chi connectivity index (χ0v) is 8.52. The van der Waals surface area contributed by atoms with Gasteiger partial charge in [-0.3, -0.25) is 4.79 Å². The lowest BCUT2D eigenvalue weighted by atomic mass is 9.99. The van der Waals surface area contributed by atoms with Crippen LogP contribution < -0.4 is 4.74 Å². The number of methoxy groups -OCH3 is 1. The molecule has 0 heterocycles. The largest absolute Gasteiger partial charge is 0.496 e. The minimum Gasteiger partial charge on any atom is -0.496 e. The van der Waals surface area contributed by atoms with E-state index in [4.69, 9.17) is 15.1 Å². The molecule has 0 aromatic heterocycles. The molecule has 0 saturated heterocycles. The van der Waals surface area contributed by atoms with Crippen molar-refractivity contribution < 1.29 is 14.6 Å². The van der Waals surface area contributed by atoms with Crippen LogP contribution >= 0.6 is 0 Å². The monoisotopic (exact) mass is 205 g/mol. The van der Waals surface area contributed by atoms with Gasteiger partial charge in [0.1, 0.15) is 5.75 Å². The minimum absolute atomic E-state index is 0.437. The maximum atomic E-state index is 10.8. The van der Waals surface area contributed by atoms with Gasteiger partial charge in [-0.05, 0) is 24.1 Å². The third-order valence-corrected chi connectivity index (χ3v) is 2.14. The first kappa shape index (κ1) is 11.1. The highest BCUT2D eigenvalue weighted by atomic mass is 16.5. The molecule has 4 nitrogen and oxygen atoms in total. The fraction of sp³-hybridized carbons (Fsp3) is 0.273. The van der Waals surface area contributed by atoms with Crippen LogP contribution in [0.15, 0.2) is 18.2 Å². The predicted molar refractivity (Wildman–Crippen MR) is 53.7 cm³/mol. The summed E-state index contributed by atoms with van der Waals surface area (Å²) in [4.78, 5) is 10.8. The summed E-state index contributed by atoms with van der Waals surface area (Å²) in [5.41, 5.74) is 1.34. The van der Waals surface area contributed by atoms with E-state index in [1.165, 1.54) is 7.11 Å². The highest BCUT2D eigenvalue weighted by Crippen LogP contribution is 2.24. The Morgan fingerprint density at radius 2 is 2.27 bits per heavy atom. The topological polar surface area (TPSA) is 70.3 Å². The standard InChI is InChI=1S/C11H11NO3/c1-7-3-4-8(5-10(7)15-2)9(6-12)11(13)14/h3-5,9H,1-2H3,(H,13,14). The second-order valence-electron chi connectivity index (χ2n) is 3.13. The van der Waals surface area contributed by atoms with E-state index in [0.29, 0.717) is 11.3 Å². The van der Waals surface area contributed by atoms with Gasteiger partial charge in [-0.25, -0.2) is 0 Å². The summed E-state index contributed by atoms with van der Waals surface area (Å²) in [6.45, 7) is 1.85. The summed E-state index contributed by atoms with van der Waals surface area (Å²) < 4.78 is 5.06. The number of ether oxygens (including phenoxy) is 1. The number of benzene rings is 1. The molecule has 1 rings (SSSR count). The molecule has 0 saturated carbocycles. The van der Waals surface area contributed by atoms with Crippen LogP contribution in [0.1, 0.15) is 17.0 Å². The number of aryl methyl sites for hydroxylation is 1. The zero-order valence-electron chi connectivity index (χ0n) is 8.52. The van der Waals surface area contributed by atoms with Crippen molar-refractivity contribution in [3.05, 3.63) is 29.3 Å². The molecule has 15 heavy (non-hydrogen) atoms. The molecule has 1 N–H and O–H groups in total. The highest BCUT2D eigenvalue weighted by molar-refractivity contribution is 5.79. The van der Waals surface area contributed by atoms with Crippen molar-refractivity contribution >= 4 is 5.97 Å². The van der Waals surface area contributed by atoms with Crippen molar-refractivity contribution in [1.29, 1.82) is 5.26 Å². The van der Waals surface area contributed by atoms with Gasteiger partial charge < -0.3 is 9.84 Å². The molecule has 0 aliphatic heterocycles. The Bertz CT molecular complexity index is 420. The quantitative estimate of drug-likeness (QED) is 0.815. The Morgan fingerprint density at radius 3 is 2.73 bits per heavy atom. The molecule has 1 aromatic rings. The molecule has 0 radical (unpaired) electrons. The molecule has 0 aliphatic rings. The first-order chi connectivity index (χ1) is 7.10. The minimum atomic E-state index is -1.15. The molecule has 0 fully saturated rings. The highest BCUT2D eigenvalue weighted by Gasteiger charge is 2.19. The van der Waals surface area contributed by atoms with E-state index < -0.39 is 11.9 Å². The van der Waals surface area contributed by atoms with Gasteiger partial charge in [0.05, 0.1) is 13.2 Å². The van der Waals surface area contributed by atoms with Gasteiger partial charge in [0.15, 0.2) is 5.92 Å². The summed E-state index contributed by atoms with van der Waals surface area (Å²) in [5.74, 6) is -1.70. The van der Waals surface area contributed by atoms with E-state index in [2.05, 4.69) is 0 Å². The number of nitriles is 1. The van der Waals surface area contributed by atoms with E-state index in [-0.39, 0.29) is 0 Å². The number of rotatable bonds is 3. The second-order valence-corrected chi connectivity index (χ2v) is 3.13. The third-order valence-electron chi connectivity index (χ3n) is 2.14. The van der Waals surface area contributed by atoms with Crippen LogP contribution in [0, 0.1) is 18.3 Å². The van der Waals surface area contributed by atoms with Gasteiger partial charge in [0, 0.05) is 0 Å². The fourth-order valence-electron chi connectivity index (χ4n) is 1.29. The van der Waals surface area contributed by atoms with Gasteiger partial charge in [-0.2, -0.15) is 5.26 Å². The number of carbonyl (C=O) groups is 1. The summed E-state index contributed by atoms with van der Waals surface area (Å²) >= 11 is 0. The molecular formula is C11H11NO3. The van der Waals surface area contributed by atoms with Crippen molar-refractivity contribution in [2.24, 2.45) is 0 Å². The molecule has 1 aromatic carbocycles. The third kappa shape index (κ3) is 2.26. The van der Waals surface area contributed by atoms with Gasteiger partial charge in [0.2, 0.25) is 0 Å². The lowest BCUT2D eigenvalue weighted by Crippen LogP contribution is -2.09. The van der Waals surface area contributed by atoms with Crippen molar-refractivity contribution in [2.45, 2.75) is 12.8 Å². The van der Waals surface area contributed by atoms with E-state index in [1.54, 1.807) is 24.3 Å². The Labute approximate surface area is 87.7 Å².